The Labute approximate surface area is 185 Å². The summed E-state index contributed by atoms with van der Waals surface area (Å²) in [6.07, 6.45) is 0.743. The topological polar surface area (TPSA) is 68.3 Å². The minimum absolute atomic E-state index is 0.0181. The van der Waals surface area contributed by atoms with Gasteiger partial charge >= 0.3 is 5.97 Å². The number of ether oxygens (including phenoxy) is 1. The maximum atomic E-state index is 13.7. The Morgan fingerprint density at radius 1 is 1.10 bits per heavy atom. The van der Waals surface area contributed by atoms with Crippen LogP contribution in [0.3, 0.4) is 0 Å². The molecule has 1 atom stereocenters. The fraction of sp³-hybridized carbons (Fsp3) is 0.320. The van der Waals surface area contributed by atoms with Crippen LogP contribution in [-0.2, 0) is 9.53 Å². The number of carbonyl (C=O) groups excluding carboxylic acids is 2. The van der Waals surface area contributed by atoms with E-state index in [1.807, 2.05) is 0 Å². The summed E-state index contributed by atoms with van der Waals surface area (Å²) < 4.78 is 5.10. The Balaban J connectivity index is 1.51. The van der Waals surface area contributed by atoms with Gasteiger partial charge < -0.3 is 10.1 Å². The third-order valence-electron chi connectivity index (χ3n) is 6.63. The lowest BCUT2D eigenvalue weighted by Gasteiger charge is -2.50. The first kappa shape index (κ1) is 19.9. The molecular formula is C25H24N2O3S. The second-order valence-corrected chi connectivity index (χ2v) is 9.47. The number of benzene rings is 2. The van der Waals surface area contributed by atoms with E-state index < -0.39 is 11.4 Å². The maximum absolute atomic E-state index is 13.7. The predicted octanol–water partition coefficient (Wildman–Crippen LogP) is 5.25. The van der Waals surface area contributed by atoms with E-state index in [4.69, 9.17) is 4.74 Å². The molecule has 0 aliphatic heterocycles. The van der Waals surface area contributed by atoms with Gasteiger partial charge in [-0.3, -0.25) is 4.79 Å². The Morgan fingerprint density at radius 3 is 2.26 bits per heavy atom. The van der Waals surface area contributed by atoms with E-state index in [-0.39, 0.29) is 17.7 Å². The van der Waals surface area contributed by atoms with Crippen LogP contribution in [0.2, 0.25) is 0 Å². The molecule has 0 fully saturated rings. The lowest BCUT2D eigenvalue weighted by Crippen LogP contribution is -2.47. The minimum atomic E-state index is -0.614. The average molecular weight is 433 g/mol. The number of esters is 1. The van der Waals surface area contributed by atoms with Crippen molar-refractivity contribution < 1.29 is 14.3 Å². The summed E-state index contributed by atoms with van der Waals surface area (Å²) in [6.45, 7) is 5.89. The van der Waals surface area contributed by atoms with E-state index >= 15 is 0 Å². The van der Waals surface area contributed by atoms with Gasteiger partial charge in [-0.15, -0.1) is 0 Å². The molecule has 31 heavy (non-hydrogen) atoms. The fourth-order valence-electron chi connectivity index (χ4n) is 5.27. The van der Waals surface area contributed by atoms with E-state index in [2.05, 4.69) is 65.8 Å². The number of nitrogens with zero attached hydrogens (tertiary/aromatic N) is 1. The van der Waals surface area contributed by atoms with Gasteiger partial charge in [-0.2, -0.15) is 0 Å². The molecule has 5 nitrogen and oxygen atoms in total. The molecule has 6 heteroatoms. The first-order chi connectivity index (χ1) is 14.9. The smallest absolute Gasteiger partial charge is 0.350 e. The first-order valence-corrected chi connectivity index (χ1v) is 11.4. The number of anilines is 1. The van der Waals surface area contributed by atoms with Crippen molar-refractivity contribution in [2.24, 2.45) is 5.41 Å². The number of hydrogen-bond donors (Lipinski definition) is 1. The lowest BCUT2D eigenvalue weighted by molar-refractivity contribution is -0.126. The second-order valence-electron chi connectivity index (χ2n) is 8.47. The number of hydrogen-bond acceptors (Lipinski definition) is 5. The van der Waals surface area contributed by atoms with Gasteiger partial charge in [0.25, 0.3) is 0 Å². The number of rotatable bonds is 4. The van der Waals surface area contributed by atoms with Crippen LogP contribution in [-0.4, -0.2) is 23.5 Å². The standard InChI is InChI=1S/C25H24N2O3S/c1-4-30-22(28)21-14(2)26-24(31-21)27-23(29)25(3)13-19-15-9-5-7-11-17(15)20(25)18-12-8-6-10-16(18)19/h5-12,19-20H,4,13H2,1-3H3,(H,26,27,29)/t19?,20?,25-/m1/s1. The Bertz CT molecular complexity index is 1150. The molecule has 1 amide bonds. The van der Waals surface area contributed by atoms with Gasteiger partial charge in [0.1, 0.15) is 4.88 Å². The van der Waals surface area contributed by atoms with Crippen LogP contribution in [0.4, 0.5) is 5.13 Å². The van der Waals surface area contributed by atoms with Crippen molar-refractivity contribution in [3.63, 3.8) is 0 Å². The monoisotopic (exact) mass is 432 g/mol. The molecule has 1 aromatic heterocycles. The fourth-order valence-corrected chi connectivity index (χ4v) is 6.12. The Hall–Kier alpha value is -2.99. The highest BCUT2D eigenvalue weighted by atomic mass is 32.1. The van der Waals surface area contributed by atoms with E-state index in [1.165, 1.54) is 33.6 Å². The number of aryl methyl sites for hydroxylation is 1. The van der Waals surface area contributed by atoms with Crippen molar-refractivity contribution in [3.8, 4) is 0 Å². The normalized spacial score (nSPS) is 23.1. The molecule has 0 radical (unpaired) electrons. The largest absolute Gasteiger partial charge is 0.462 e. The van der Waals surface area contributed by atoms with Gasteiger partial charge in [0.05, 0.1) is 17.7 Å². The molecule has 0 saturated heterocycles. The molecule has 0 unspecified atom stereocenters. The Kier molecular flexibility index (Phi) is 4.70. The quantitative estimate of drug-likeness (QED) is 0.572. The second kappa shape index (κ2) is 7.31. The highest BCUT2D eigenvalue weighted by molar-refractivity contribution is 7.17. The lowest BCUT2D eigenvalue weighted by atomic mass is 9.52. The first-order valence-electron chi connectivity index (χ1n) is 10.6. The molecule has 3 aliphatic rings. The minimum Gasteiger partial charge on any atom is -0.462 e. The van der Waals surface area contributed by atoms with Crippen molar-refractivity contribution >= 4 is 28.3 Å². The SMILES string of the molecule is CCOC(=O)c1sc(NC(=O)[C@]2(C)CC3c4ccccc4C2c2ccccc23)nc1C. The number of amides is 1. The third kappa shape index (κ3) is 3.00. The van der Waals surface area contributed by atoms with E-state index in [0.717, 1.165) is 6.42 Å². The molecule has 6 rings (SSSR count). The van der Waals surface area contributed by atoms with Crippen molar-refractivity contribution in [1.82, 2.24) is 4.98 Å². The van der Waals surface area contributed by atoms with Gasteiger partial charge in [-0.05, 0) is 49.4 Å². The van der Waals surface area contributed by atoms with E-state index in [1.54, 1.807) is 13.8 Å². The van der Waals surface area contributed by atoms with Crippen LogP contribution in [0.5, 0.6) is 0 Å². The van der Waals surface area contributed by atoms with E-state index in [9.17, 15) is 9.59 Å². The number of fused-ring (bicyclic) bond motifs is 1. The van der Waals surface area contributed by atoms with Crippen LogP contribution in [0.25, 0.3) is 0 Å². The maximum Gasteiger partial charge on any atom is 0.350 e. The van der Waals surface area contributed by atoms with Gasteiger partial charge in [0.15, 0.2) is 5.13 Å². The molecule has 3 aliphatic carbocycles. The summed E-state index contributed by atoms with van der Waals surface area (Å²) in [5.74, 6) is -0.281. The zero-order valence-corrected chi connectivity index (χ0v) is 18.6. The van der Waals surface area contributed by atoms with Crippen LogP contribution >= 0.6 is 11.3 Å². The van der Waals surface area contributed by atoms with Crippen LogP contribution < -0.4 is 5.32 Å². The molecule has 0 spiro atoms. The zero-order chi connectivity index (χ0) is 21.8. The van der Waals surface area contributed by atoms with Crippen LogP contribution in [0, 0.1) is 12.3 Å². The average Bonchev–Trinajstić information content (AvgIpc) is 3.14. The number of thiazole rings is 1. The highest BCUT2D eigenvalue weighted by Crippen LogP contribution is 2.61. The summed E-state index contributed by atoms with van der Waals surface area (Å²) in [5, 5.41) is 3.46. The molecule has 158 valence electrons. The molecule has 2 bridgehead atoms. The number of carbonyl (C=O) groups is 2. The summed E-state index contributed by atoms with van der Waals surface area (Å²) in [7, 11) is 0. The van der Waals surface area contributed by atoms with Crippen molar-refractivity contribution in [1.29, 1.82) is 0 Å². The summed E-state index contributed by atoms with van der Waals surface area (Å²) in [5.41, 5.74) is 5.08. The van der Waals surface area contributed by atoms with Crippen LogP contribution in [0.15, 0.2) is 48.5 Å². The summed E-state index contributed by atoms with van der Waals surface area (Å²) >= 11 is 1.17. The van der Waals surface area contributed by atoms with Gasteiger partial charge in [-0.25, -0.2) is 9.78 Å². The molecular weight excluding hydrogens is 408 g/mol. The van der Waals surface area contributed by atoms with Gasteiger partial charge in [0.2, 0.25) is 5.91 Å². The molecule has 2 aromatic carbocycles. The van der Waals surface area contributed by atoms with Gasteiger partial charge in [-0.1, -0.05) is 59.9 Å². The molecule has 1 heterocycles. The van der Waals surface area contributed by atoms with E-state index in [0.29, 0.717) is 22.3 Å². The third-order valence-corrected chi connectivity index (χ3v) is 7.68. The number of aromatic nitrogens is 1. The van der Waals surface area contributed by atoms with Crippen LogP contribution in [0.1, 0.15) is 69.7 Å². The molecule has 1 N–H and O–H groups in total. The highest BCUT2D eigenvalue weighted by Gasteiger charge is 2.54. The number of nitrogens with one attached hydrogen (secondary N) is 1. The predicted molar refractivity (Wildman–Crippen MR) is 121 cm³/mol. The Morgan fingerprint density at radius 2 is 1.68 bits per heavy atom. The molecule has 3 aromatic rings. The zero-order valence-electron chi connectivity index (χ0n) is 17.8. The van der Waals surface area contributed by atoms with Crippen molar-refractivity contribution in [2.75, 3.05) is 11.9 Å². The van der Waals surface area contributed by atoms with Crippen molar-refractivity contribution in [3.05, 3.63) is 81.4 Å². The van der Waals surface area contributed by atoms with Crippen molar-refractivity contribution in [2.45, 2.75) is 39.0 Å². The molecule has 0 saturated carbocycles. The van der Waals surface area contributed by atoms with Gasteiger partial charge in [0, 0.05) is 11.8 Å². The summed E-state index contributed by atoms with van der Waals surface area (Å²) in [4.78, 5) is 30.6. The summed E-state index contributed by atoms with van der Waals surface area (Å²) in [6, 6.07) is 16.9.